The second kappa shape index (κ2) is 8.30. The summed E-state index contributed by atoms with van der Waals surface area (Å²) in [5.41, 5.74) is 5.54. The van der Waals surface area contributed by atoms with Crippen molar-refractivity contribution >= 4 is 28.1 Å². The van der Waals surface area contributed by atoms with Gasteiger partial charge in [-0.3, -0.25) is 4.79 Å². The summed E-state index contributed by atoms with van der Waals surface area (Å²) < 4.78 is 6.68. The molecule has 0 atom stereocenters. The molecule has 0 unspecified atom stereocenters. The molecule has 4 nitrogen and oxygen atoms in total. The van der Waals surface area contributed by atoms with Crippen molar-refractivity contribution in [2.45, 2.75) is 33.1 Å². The van der Waals surface area contributed by atoms with E-state index in [0.717, 1.165) is 15.6 Å². The van der Waals surface area contributed by atoms with Gasteiger partial charge in [0.25, 0.3) is 5.91 Å². The molecule has 0 aliphatic heterocycles. The highest BCUT2D eigenvalue weighted by Gasteiger charge is 2.19. The number of rotatable bonds is 5. The van der Waals surface area contributed by atoms with Crippen LogP contribution in [0.5, 0.6) is 5.75 Å². The number of hydrogen-bond donors (Lipinski definition) is 1. The van der Waals surface area contributed by atoms with E-state index in [1.54, 1.807) is 6.21 Å². The Morgan fingerprint density at radius 1 is 1.20 bits per heavy atom. The van der Waals surface area contributed by atoms with Gasteiger partial charge in [-0.15, -0.1) is 0 Å². The maximum Gasteiger partial charge on any atom is 0.277 e. The molecule has 25 heavy (non-hydrogen) atoms. The molecule has 0 saturated carbocycles. The first kappa shape index (κ1) is 19.2. The Labute approximate surface area is 157 Å². The number of halogens is 1. The topological polar surface area (TPSA) is 50.7 Å². The molecule has 0 spiro atoms. The lowest BCUT2D eigenvalue weighted by molar-refractivity contribution is -0.123. The summed E-state index contributed by atoms with van der Waals surface area (Å²) >= 11 is 3.48. The molecule has 132 valence electrons. The SMILES string of the molecule is Cc1ccc(/C=N/NC(=O)COc2ccc(Br)cc2C(C)(C)C)cc1. The maximum absolute atomic E-state index is 11.9. The first-order valence-corrected chi connectivity index (χ1v) is 8.86. The van der Waals surface area contributed by atoms with Crippen molar-refractivity contribution < 1.29 is 9.53 Å². The fraction of sp³-hybridized carbons (Fsp3) is 0.300. The summed E-state index contributed by atoms with van der Waals surface area (Å²) in [6, 6.07) is 13.7. The molecule has 0 aliphatic carbocycles. The first-order valence-electron chi connectivity index (χ1n) is 8.07. The summed E-state index contributed by atoms with van der Waals surface area (Å²) in [7, 11) is 0. The summed E-state index contributed by atoms with van der Waals surface area (Å²) in [5.74, 6) is 0.402. The Bertz CT molecular complexity index is 762. The maximum atomic E-state index is 11.9. The number of hydrogen-bond acceptors (Lipinski definition) is 3. The van der Waals surface area contributed by atoms with Gasteiger partial charge in [-0.25, -0.2) is 5.43 Å². The molecule has 0 bridgehead atoms. The van der Waals surface area contributed by atoms with Crippen molar-refractivity contribution in [3.05, 3.63) is 63.6 Å². The van der Waals surface area contributed by atoms with E-state index in [0.29, 0.717) is 5.75 Å². The number of aryl methyl sites for hydroxylation is 1. The molecule has 0 saturated heterocycles. The standard InChI is InChI=1S/C20H23BrN2O2/c1-14-5-7-15(8-6-14)12-22-23-19(24)13-25-18-10-9-16(21)11-17(18)20(2,3)4/h5-12H,13H2,1-4H3,(H,23,24)/b22-12+. The van der Waals surface area contributed by atoms with E-state index in [9.17, 15) is 4.79 Å². The van der Waals surface area contributed by atoms with Gasteiger partial charge in [-0.05, 0) is 36.1 Å². The van der Waals surface area contributed by atoms with E-state index in [4.69, 9.17) is 4.74 Å². The first-order chi connectivity index (χ1) is 11.8. The lowest BCUT2D eigenvalue weighted by atomic mass is 9.86. The van der Waals surface area contributed by atoms with Gasteiger partial charge in [0, 0.05) is 10.0 Å². The van der Waals surface area contributed by atoms with Crippen molar-refractivity contribution in [1.29, 1.82) is 0 Å². The van der Waals surface area contributed by atoms with Crippen LogP contribution in [0.1, 0.15) is 37.5 Å². The van der Waals surface area contributed by atoms with Gasteiger partial charge in [0.15, 0.2) is 6.61 Å². The highest BCUT2D eigenvalue weighted by molar-refractivity contribution is 9.10. The number of hydrazone groups is 1. The highest BCUT2D eigenvalue weighted by Crippen LogP contribution is 2.33. The minimum Gasteiger partial charge on any atom is -0.483 e. The quantitative estimate of drug-likeness (QED) is 0.587. The highest BCUT2D eigenvalue weighted by atomic mass is 79.9. The third-order valence-electron chi connectivity index (χ3n) is 3.59. The molecular formula is C20H23BrN2O2. The third kappa shape index (κ3) is 6.02. The molecule has 5 heteroatoms. The van der Waals surface area contributed by atoms with Crippen LogP contribution < -0.4 is 10.2 Å². The van der Waals surface area contributed by atoms with E-state index < -0.39 is 0 Å². The minimum atomic E-state index is -0.300. The molecule has 0 aliphatic rings. The third-order valence-corrected chi connectivity index (χ3v) is 4.08. The van der Waals surface area contributed by atoms with E-state index in [-0.39, 0.29) is 17.9 Å². The Morgan fingerprint density at radius 3 is 2.52 bits per heavy atom. The fourth-order valence-electron chi connectivity index (χ4n) is 2.22. The van der Waals surface area contributed by atoms with Gasteiger partial charge in [0.2, 0.25) is 0 Å². The van der Waals surface area contributed by atoms with Crippen LogP contribution in [0.25, 0.3) is 0 Å². The van der Waals surface area contributed by atoms with Crippen LogP contribution in [-0.4, -0.2) is 18.7 Å². The van der Waals surface area contributed by atoms with Crippen LogP contribution in [-0.2, 0) is 10.2 Å². The summed E-state index contributed by atoms with van der Waals surface area (Å²) in [5, 5.41) is 3.96. The van der Waals surface area contributed by atoms with Crippen LogP contribution in [0.2, 0.25) is 0 Å². The predicted octanol–water partition coefficient (Wildman–Crippen LogP) is 4.58. The van der Waals surface area contributed by atoms with Gasteiger partial charge >= 0.3 is 0 Å². The van der Waals surface area contributed by atoms with Crippen LogP contribution in [0.15, 0.2) is 52.0 Å². The van der Waals surface area contributed by atoms with E-state index in [1.807, 2.05) is 49.4 Å². The zero-order valence-electron chi connectivity index (χ0n) is 15.0. The van der Waals surface area contributed by atoms with Gasteiger partial charge in [0.05, 0.1) is 6.21 Å². The molecular weight excluding hydrogens is 380 g/mol. The number of amides is 1. The number of carbonyl (C=O) groups is 1. The largest absolute Gasteiger partial charge is 0.483 e. The summed E-state index contributed by atoms with van der Waals surface area (Å²) in [4.78, 5) is 11.9. The van der Waals surface area contributed by atoms with Crippen molar-refractivity contribution in [3.63, 3.8) is 0 Å². The van der Waals surface area contributed by atoms with Crippen molar-refractivity contribution in [3.8, 4) is 5.75 Å². The molecule has 1 N–H and O–H groups in total. The zero-order valence-corrected chi connectivity index (χ0v) is 16.6. The average Bonchev–Trinajstić information content (AvgIpc) is 2.54. The Balaban J connectivity index is 1.93. The Morgan fingerprint density at radius 2 is 1.88 bits per heavy atom. The monoisotopic (exact) mass is 402 g/mol. The Kier molecular flexibility index (Phi) is 6.37. The summed E-state index contributed by atoms with van der Waals surface area (Å²) in [6.07, 6.45) is 1.61. The van der Waals surface area contributed by atoms with Crippen molar-refractivity contribution in [1.82, 2.24) is 5.43 Å². The number of nitrogens with one attached hydrogen (secondary N) is 1. The molecule has 2 aromatic carbocycles. The van der Waals surface area contributed by atoms with Gasteiger partial charge in [-0.1, -0.05) is 66.5 Å². The number of ether oxygens (including phenoxy) is 1. The molecule has 2 rings (SSSR count). The van der Waals surface area contributed by atoms with Gasteiger partial charge < -0.3 is 4.74 Å². The molecule has 0 heterocycles. The van der Waals surface area contributed by atoms with E-state index in [1.165, 1.54) is 5.56 Å². The normalized spacial score (nSPS) is 11.6. The zero-order chi connectivity index (χ0) is 18.4. The van der Waals surface area contributed by atoms with Crippen LogP contribution >= 0.6 is 15.9 Å². The van der Waals surface area contributed by atoms with Crippen LogP contribution in [0.4, 0.5) is 0 Å². The molecule has 0 aromatic heterocycles. The second-order valence-electron chi connectivity index (χ2n) is 6.88. The lowest BCUT2D eigenvalue weighted by Gasteiger charge is -2.23. The van der Waals surface area contributed by atoms with Crippen molar-refractivity contribution in [2.75, 3.05) is 6.61 Å². The minimum absolute atomic E-state index is 0.0841. The van der Waals surface area contributed by atoms with E-state index >= 15 is 0 Å². The van der Waals surface area contributed by atoms with Gasteiger partial charge in [-0.2, -0.15) is 5.10 Å². The molecule has 1 amide bonds. The number of carbonyl (C=O) groups excluding carboxylic acids is 1. The number of nitrogens with zero attached hydrogens (tertiary/aromatic N) is 1. The fourth-order valence-corrected chi connectivity index (χ4v) is 2.58. The average molecular weight is 403 g/mol. The van der Waals surface area contributed by atoms with E-state index in [2.05, 4.69) is 47.2 Å². The smallest absolute Gasteiger partial charge is 0.277 e. The lowest BCUT2D eigenvalue weighted by Crippen LogP contribution is -2.25. The molecule has 0 radical (unpaired) electrons. The predicted molar refractivity (Wildman–Crippen MR) is 105 cm³/mol. The summed E-state index contributed by atoms with van der Waals surface area (Å²) in [6.45, 7) is 8.25. The van der Waals surface area contributed by atoms with Crippen LogP contribution in [0.3, 0.4) is 0 Å². The molecule has 2 aromatic rings. The second-order valence-corrected chi connectivity index (χ2v) is 7.80. The van der Waals surface area contributed by atoms with Crippen LogP contribution in [0, 0.1) is 6.92 Å². The van der Waals surface area contributed by atoms with Gasteiger partial charge in [0.1, 0.15) is 5.75 Å². The van der Waals surface area contributed by atoms with Crippen molar-refractivity contribution in [2.24, 2.45) is 5.10 Å². The molecule has 0 fully saturated rings. The Hall–Kier alpha value is -2.14. The number of benzene rings is 2.